The van der Waals surface area contributed by atoms with E-state index in [9.17, 15) is 9.18 Å². The highest BCUT2D eigenvalue weighted by Gasteiger charge is 2.28. The number of hydrogen-bond donors (Lipinski definition) is 2. The average molecular weight is 606 g/mol. The van der Waals surface area contributed by atoms with Crippen molar-refractivity contribution in [2.75, 3.05) is 25.0 Å². The minimum absolute atomic E-state index is 0.0539. The number of amides is 1. The molecule has 216 valence electrons. The number of nitrogens with one attached hydrogen (secondary N) is 2. The third-order valence-corrected chi connectivity index (χ3v) is 8.47. The van der Waals surface area contributed by atoms with Gasteiger partial charge in [0.05, 0.1) is 26.2 Å². The van der Waals surface area contributed by atoms with Crippen LogP contribution in [0.25, 0.3) is 10.2 Å². The van der Waals surface area contributed by atoms with E-state index in [1.54, 1.807) is 29.2 Å². The van der Waals surface area contributed by atoms with Gasteiger partial charge >= 0.3 is 6.09 Å². The molecule has 2 aromatic carbocycles. The van der Waals surface area contributed by atoms with Gasteiger partial charge in [-0.15, -0.1) is 11.3 Å². The Hall–Kier alpha value is -3.91. The molecule has 4 aromatic rings. The zero-order valence-corrected chi connectivity index (χ0v) is 24.3. The van der Waals surface area contributed by atoms with E-state index in [4.69, 9.17) is 21.1 Å². The lowest BCUT2D eigenvalue weighted by atomic mass is 10.1. The maximum Gasteiger partial charge on any atom is 0.410 e. The zero-order valence-electron chi connectivity index (χ0n) is 22.7. The minimum Gasteiger partial charge on any atom is -0.487 e. The summed E-state index contributed by atoms with van der Waals surface area (Å²) >= 11 is 7.97. The van der Waals surface area contributed by atoms with Crippen molar-refractivity contribution in [1.82, 2.24) is 20.2 Å². The molecule has 1 amide bonds. The summed E-state index contributed by atoms with van der Waals surface area (Å²) in [6.45, 7) is 2.36. The Bertz CT molecular complexity index is 1650. The van der Waals surface area contributed by atoms with Crippen LogP contribution in [0.1, 0.15) is 36.1 Å². The smallest absolute Gasteiger partial charge is 0.410 e. The standard InChI is InChI=1S/C31H29ClFN5O3S/c32-26-15-23(8-10-28(26)40-18-20-5-4-6-21(33)13-20)37-30-29-27(35-19-36-30)16-25(42-29)9-7-22-14-24(17-34-22)41-31(39)38-11-2-1-3-12-38/h4-6,8,10,13,15-16,19,22,24,34H,1-3,11-12,14,17-18H2,(H,35,36,37). The molecule has 4 heterocycles. The number of carbonyl (C=O) groups is 1. The van der Waals surface area contributed by atoms with Crippen LogP contribution in [-0.4, -0.2) is 52.7 Å². The SMILES string of the molecule is O=C(OC1CNC(C#Cc2cc3ncnc(Nc4ccc(OCc5cccc(F)c5)c(Cl)c4)c3s2)C1)N1CCCCC1. The summed E-state index contributed by atoms with van der Waals surface area (Å²) in [6.07, 6.45) is 5.02. The van der Waals surface area contributed by atoms with Crippen LogP contribution in [0.5, 0.6) is 5.75 Å². The topological polar surface area (TPSA) is 88.6 Å². The van der Waals surface area contributed by atoms with Crippen LogP contribution >= 0.6 is 22.9 Å². The maximum atomic E-state index is 13.4. The Kier molecular flexibility index (Phi) is 8.70. The summed E-state index contributed by atoms with van der Waals surface area (Å²) in [4.78, 5) is 23.9. The molecule has 8 nitrogen and oxygen atoms in total. The molecule has 11 heteroatoms. The summed E-state index contributed by atoms with van der Waals surface area (Å²) < 4.78 is 25.8. The van der Waals surface area contributed by atoms with Crippen LogP contribution < -0.4 is 15.4 Å². The highest BCUT2D eigenvalue weighted by atomic mass is 35.5. The van der Waals surface area contributed by atoms with Crippen molar-refractivity contribution in [3.05, 3.63) is 76.1 Å². The quantitative estimate of drug-likeness (QED) is 0.242. The molecular weight excluding hydrogens is 577 g/mol. The van der Waals surface area contributed by atoms with Gasteiger partial charge in [-0.3, -0.25) is 5.32 Å². The number of anilines is 2. The van der Waals surface area contributed by atoms with Crippen molar-refractivity contribution in [3.8, 4) is 17.6 Å². The van der Waals surface area contributed by atoms with Gasteiger partial charge in [0.15, 0.2) is 5.82 Å². The van der Waals surface area contributed by atoms with Gasteiger partial charge < -0.3 is 19.7 Å². The van der Waals surface area contributed by atoms with E-state index in [-0.39, 0.29) is 30.7 Å². The van der Waals surface area contributed by atoms with E-state index in [1.807, 2.05) is 12.1 Å². The fourth-order valence-electron chi connectivity index (χ4n) is 4.98. The summed E-state index contributed by atoms with van der Waals surface area (Å²) in [5, 5.41) is 7.08. The van der Waals surface area contributed by atoms with Crippen LogP contribution in [-0.2, 0) is 11.3 Å². The average Bonchev–Trinajstić information content (AvgIpc) is 3.63. The Morgan fingerprint density at radius 2 is 2.05 bits per heavy atom. The summed E-state index contributed by atoms with van der Waals surface area (Å²) in [5.41, 5.74) is 2.24. The van der Waals surface area contributed by atoms with Gasteiger partial charge in [-0.1, -0.05) is 35.6 Å². The van der Waals surface area contributed by atoms with E-state index in [0.29, 0.717) is 35.1 Å². The Morgan fingerprint density at radius 1 is 1.17 bits per heavy atom. The number of nitrogens with zero attached hydrogens (tertiary/aromatic N) is 3. The van der Waals surface area contributed by atoms with Crippen LogP contribution in [0, 0.1) is 17.7 Å². The van der Waals surface area contributed by atoms with Crippen molar-refractivity contribution < 1.29 is 18.7 Å². The van der Waals surface area contributed by atoms with Gasteiger partial charge in [-0.2, -0.15) is 0 Å². The van der Waals surface area contributed by atoms with Crippen molar-refractivity contribution in [1.29, 1.82) is 0 Å². The Morgan fingerprint density at radius 3 is 2.88 bits per heavy atom. The van der Waals surface area contributed by atoms with Gasteiger partial charge in [0.25, 0.3) is 0 Å². The van der Waals surface area contributed by atoms with Crippen LogP contribution in [0.15, 0.2) is 54.9 Å². The normalized spacial score (nSPS) is 18.4. The monoisotopic (exact) mass is 605 g/mol. The first-order chi connectivity index (χ1) is 20.5. The number of thiophene rings is 1. The first-order valence-electron chi connectivity index (χ1n) is 13.9. The fourth-order valence-corrected chi connectivity index (χ4v) is 6.13. The number of hydrogen-bond acceptors (Lipinski definition) is 8. The first kappa shape index (κ1) is 28.2. The highest BCUT2D eigenvalue weighted by Crippen LogP contribution is 2.33. The Balaban J connectivity index is 1.07. The number of piperidine rings is 1. The van der Waals surface area contributed by atoms with E-state index >= 15 is 0 Å². The fraction of sp³-hybridized carbons (Fsp3) is 0.323. The van der Waals surface area contributed by atoms with E-state index in [1.165, 1.54) is 36.2 Å². The lowest BCUT2D eigenvalue weighted by Gasteiger charge is -2.27. The molecule has 2 saturated heterocycles. The molecule has 6 rings (SSSR count). The number of ether oxygens (including phenoxy) is 2. The van der Waals surface area contributed by atoms with E-state index in [0.717, 1.165) is 46.7 Å². The number of benzene rings is 2. The molecule has 2 unspecified atom stereocenters. The summed E-state index contributed by atoms with van der Waals surface area (Å²) in [7, 11) is 0. The lowest BCUT2D eigenvalue weighted by molar-refractivity contribution is 0.0646. The second kappa shape index (κ2) is 12.9. The molecule has 0 spiro atoms. The molecule has 0 saturated carbocycles. The number of rotatable bonds is 6. The first-order valence-corrected chi connectivity index (χ1v) is 15.1. The molecule has 42 heavy (non-hydrogen) atoms. The Labute approximate surface area is 252 Å². The van der Waals surface area contributed by atoms with Gasteiger partial charge in [-0.05, 0) is 61.2 Å². The highest BCUT2D eigenvalue weighted by molar-refractivity contribution is 7.20. The molecule has 2 aliphatic heterocycles. The molecule has 2 aromatic heterocycles. The molecule has 0 aliphatic carbocycles. The third kappa shape index (κ3) is 6.93. The van der Waals surface area contributed by atoms with Gasteiger partial charge in [0.1, 0.15) is 30.6 Å². The van der Waals surface area contributed by atoms with Gasteiger partial charge in [0, 0.05) is 31.7 Å². The van der Waals surface area contributed by atoms with Gasteiger partial charge in [0.2, 0.25) is 0 Å². The number of fused-ring (bicyclic) bond motifs is 1. The van der Waals surface area contributed by atoms with Crippen molar-refractivity contribution >= 4 is 50.8 Å². The van der Waals surface area contributed by atoms with Crippen LogP contribution in [0.2, 0.25) is 5.02 Å². The summed E-state index contributed by atoms with van der Waals surface area (Å²) in [5.74, 6) is 7.36. The van der Waals surface area contributed by atoms with Gasteiger partial charge in [-0.25, -0.2) is 19.2 Å². The molecule has 0 radical (unpaired) electrons. The number of aromatic nitrogens is 2. The van der Waals surface area contributed by atoms with Crippen LogP contribution in [0.4, 0.5) is 20.7 Å². The number of halogens is 2. The third-order valence-electron chi connectivity index (χ3n) is 7.13. The zero-order chi connectivity index (χ0) is 28.9. The molecular formula is C31H29ClFN5O3S. The predicted octanol–water partition coefficient (Wildman–Crippen LogP) is 6.51. The number of carbonyl (C=O) groups excluding carboxylic acids is 1. The molecule has 2 fully saturated rings. The van der Waals surface area contributed by atoms with Crippen LogP contribution in [0.3, 0.4) is 0 Å². The molecule has 0 bridgehead atoms. The maximum absolute atomic E-state index is 13.4. The number of likely N-dealkylation sites (tertiary alicyclic amines) is 1. The predicted molar refractivity (Wildman–Crippen MR) is 162 cm³/mol. The molecule has 2 N–H and O–H groups in total. The second-order valence-electron chi connectivity index (χ2n) is 10.3. The molecule has 2 atom stereocenters. The van der Waals surface area contributed by atoms with Crippen molar-refractivity contribution in [3.63, 3.8) is 0 Å². The largest absolute Gasteiger partial charge is 0.487 e. The van der Waals surface area contributed by atoms with E-state index in [2.05, 4.69) is 32.4 Å². The second-order valence-corrected chi connectivity index (χ2v) is 11.7. The molecule has 2 aliphatic rings. The van der Waals surface area contributed by atoms with E-state index < -0.39 is 0 Å². The van der Waals surface area contributed by atoms with Crippen molar-refractivity contribution in [2.24, 2.45) is 0 Å². The minimum atomic E-state index is -0.310. The summed E-state index contributed by atoms with van der Waals surface area (Å²) in [6, 6.07) is 13.5. The van der Waals surface area contributed by atoms with Crippen molar-refractivity contribution in [2.45, 2.75) is 44.4 Å². The lowest BCUT2D eigenvalue weighted by Crippen LogP contribution is -2.38.